The van der Waals surface area contributed by atoms with Crippen LogP contribution in [0.2, 0.25) is 0 Å². The van der Waals surface area contributed by atoms with Crippen LogP contribution in [-0.2, 0) is 0 Å². The molecule has 0 spiro atoms. The molecule has 0 radical (unpaired) electrons. The summed E-state index contributed by atoms with van der Waals surface area (Å²) in [5.41, 5.74) is 1.16. The summed E-state index contributed by atoms with van der Waals surface area (Å²) in [6, 6.07) is 10.3. The maximum absolute atomic E-state index is 12.9. The van der Waals surface area contributed by atoms with Crippen molar-refractivity contribution in [3.63, 3.8) is 0 Å². The number of hydrogen-bond donors (Lipinski definition) is 1. The van der Waals surface area contributed by atoms with Crippen molar-refractivity contribution in [3.8, 4) is 17.2 Å². The summed E-state index contributed by atoms with van der Waals surface area (Å²) < 4.78 is 51.4. The average Bonchev–Trinajstić information content (AvgIpc) is 3.17. The van der Waals surface area contributed by atoms with E-state index in [1.54, 1.807) is 23.1 Å². The fraction of sp³-hybridized carbons (Fsp3) is 0.316. The third-order valence-electron chi connectivity index (χ3n) is 4.20. The second kappa shape index (κ2) is 8.73. The van der Waals surface area contributed by atoms with Crippen molar-refractivity contribution in [1.29, 1.82) is 0 Å². The number of ether oxygens (including phenoxy) is 3. The van der Waals surface area contributed by atoms with Crippen LogP contribution < -0.4 is 19.5 Å². The molecule has 1 fully saturated rings. The molecule has 6 nitrogen and oxygen atoms in total. The Hall–Kier alpha value is -2.75. The lowest BCUT2D eigenvalue weighted by molar-refractivity contribution is -0.274. The maximum Gasteiger partial charge on any atom is 0.573 e. The van der Waals surface area contributed by atoms with Crippen molar-refractivity contribution in [2.45, 2.75) is 11.7 Å². The highest BCUT2D eigenvalue weighted by molar-refractivity contribution is 7.99. The molecule has 1 aliphatic rings. The highest BCUT2D eigenvalue weighted by Gasteiger charge is 2.33. The number of para-hydroxylation sites is 1. The molecule has 0 saturated carbocycles. The van der Waals surface area contributed by atoms with E-state index in [0.29, 0.717) is 35.0 Å². The zero-order valence-corrected chi connectivity index (χ0v) is 16.5. The maximum atomic E-state index is 12.9. The average molecular weight is 428 g/mol. The smallest absolute Gasteiger partial charge is 0.493 e. The molecule has 1 atom stereocenters. The van der Waals surface area contributed by atoms with Crippen molar-refractivity contribution < 1.29 is 32.2 Å². The highest BCUT2D eigenvalue weighted by atomic mass is 32.2. The number of halogens is 3. The van der Waals surface area contributed by atoms with Crippen LogP contribution in [0.5, 0.6) is 17.2 Å². The molecule has 1 unspecified atom stereocenters. The number of carbonyl (C=O) groups excluding carboxylic acids is 1. The SMILES string of the molecule is COc1cccc(NC(=O)N2CCSC2c2ccc(OC(F)(F)F)cc2)c1OC. The van der Waals surface area contributed by atoms with Crippen molar-refractivity contribution in [3.05, 3.63) is 48.0 Å². The van der Waals surface area contributed by atoms with E-state index in [2.05, 4.69) is 10.1 Å². The predicted molar refractivity (Wildman–Crippen MR) is 104 cm³/mol. The van der Waals surface area contributed by atoms with Crippen LogP contribution in [-0.4, -0.2) is 43.8 Å². The Morgan fingerprint density at radius 2 is 1.86 bits per heavy atom. The van der Waals surface area contributed by atoms with E-state index in [-0.39, 0.29) is 17.2 Å². The predicted octanol–water partition coefficient (Wildman–Crippen LogP) is 4.88. The van der Waals surface area contributed by atoms with Crippen molar-refractivity contribution in [1.82, 2.24) is 4.90 Å². The number of hydrogen-bond acceptors (Lipinski definition) is 5. The molecule has 0 aromatic heterocycles. The Labute approximate surface area is 169 Å². The summed E-state index contributed by atoms with van der Waals surface area (Å²) in [5.74, 6) is 1.29. The van der Waals surface area contributed by atoms with Gasteiger partial charge in [-0.15, -0.1) is 24.9 Å². The van der Waals surface area contributed by atoms with E-state index < -0.39 is 6.36 Å². The molecule has 1 N–H and O–H groups in total. The Bertz CT molecular complexity index is 862. The van der Waals surface area contributed by atoms with Gasteiger partial charge in [0, 0.05) is 12.3 Å². The van der Waals surface area contributed by atoms with Gasteiger partial charge in [0.2, 0.25) is 0 Å². The number of methoxy groups -OCH3 is 2. The van der Waals surface area contributed by atoms with Gasteiger partial charge in [-0.1, -0.05) is 18.2 Å². The van der Waals surface area contributed by atoms with E-state index in [0.717, 1.165) is 0 Å². The number of anilines is 1. The number of carbonyl (C=O) groups is 1. The molecule has 1 saturated heterocycles. The number of benzene rings is 2. The zero-order valence-electron chi connectivity index (χ0n) is 15.7. The van der Waals surface area contributed by atoms with Crippen LogP contribution in [0.3, 0.4) is 0 Å². The summed E-state index contributed by atoms with van der Waals surface area (Å²) in [5, 5.41) is 2.49. The lowest BCUT2D eigenvalue weighted by Gasteiger charge is -2.25. The van der Waals surface area contributed by atoms with Gasteiger partial charge in [0.1, 0.15) is 11.1 Å². The summed E-state index contributed by atoms with van der Waals surface area (Å²) >= 11 is 1.53. The summed E-state index contributed by atoms with van der Waals surface area (Å²) in [7, 11) is 2.98. The quantitative estimate of drug-likeness (QED) is 0.736. The van der Waals surface area contributed by atoms with Gasteiger partial charge in [-0.05, 0) is 29.8 Å². The largest absolute Gasteiger partial charge is 0.573 e. The molecule has 2 aromatic carbocycles. The van der Waals surface area contributed by atoms with E-state index in [9.17, 15) is 18.0 Å². The van der Waals surface area contributed by atoms with Gasteiger partial charge in [0.25, 0.3) is 0 Å². The first-order valence-corrected chi connectivity index (χ1v) is 9.63. The van der Waals surface area contributed by atoms with Crippen LogP contribution in [0.4, 0.5) is 23.7 Å². The molecule has 29 heavy (non-hydrogen) atoms. The summed E-state index contributed by atoms with van der Waals surface area (Å²) in [6.07, 6.45) is -4.74. The lowest BCUT2D eigenvalue weighted by Crippen LogP contribution is -2.34. The number of rotatable bonds is 5. The number of alkyl halides is 3. The van der Waals surface area contributed by atoms with Crippen LogP contribution in [0.15, 0.2) is 42.5 Å². The molecule has 3 rings (SSSR count). The van der Waals surface area contributed by atoms with Gasteiger partial charge in [0.05, 0.1) is 19.9 Å². The molecule has 2 amide bonds. The second-order valence-corrected chi connectivity index (χ2v) is 7.19. The van der Waals surface area contributed by atoms with Crippen molar-refractivity contribution in [2.75, 3.05) is 31.8 Å². The van der Waals surface area contributed by atoms with Crippen molar-refractivity contribution >= 4 is 23.5 Å². The minimum atomic E-state index is -4.74. The number of nitrogens with zero attached hydrogens (tertiary/aromatic N) is 1. The first-order chi connectivity index (χ1) is 13.8. The molecule has 1 heterocycles. The summed E-state index contributed by atoms with van der Waals surface area (Å²) in [6.45, 7) is 0.494. The minimum absolute atomic E-state index is 0.304. The fourth-order valence-corrected chi connectivity index (χ4v) is 4.22. The van der Waals surface area contributed by atoms with Crippen LogP contribution >= 0.6 is 11.8 Å². The monoisotopic (exact) mass is 428 g/mol. The number of nitrogens with one attached hydrogen (secondary N) is 1. The van der Waals surface area contributed by atoms with Gasteiger partial charge in [-0.2, -0.15) is 0 Å². The number of urea groups is 1. The first kappa shape index (κ1) is 21.0. The van der Waals surface area contributed by atoms with Gasteiger partial charge in [-0.25, -0.2) is 4.79 Å². The fourth-order valence-electron chi connectivity index (χ4n) is 2.96. The topological polar surface area (TPSA) is 60.0 Å². The molecule has 10 heteroatoms. The number of amides is 2. The molecule has 0 bridgehead atoms. The molecule has 156 valence electrons. The molecular weight excluding hydrogens is 409 g/mol. The van der Waals surface area contributed by atoms with Gasteiger partial charge >= 0.3 is 12.4 Å². The Morgan fingerprint density at radius 3 is 2.48 bits per heavy atom. The van der Waals surface area contributed by atoms with E-state index in [1.807, 2.05) is 0 Å². The van der Waals surface area contributed by atoms with Gasteiger partial charge in [-0.3, -0.25) is 0 Å². The summed E-state index contributed by atoms with van der Waals surface area (Å²) in [4.78, 5) is 14.5. The van der Waals surface area contributed by atoms with Gasteiger partial charge in [0.15, 0.2) is 11.5 Å². The van der Waals surface area contributed by atoms with E-state index in [4.69, 9.17) is 9.47 Å². The Kier molecular flexibility index (Phi) is 6.31. The third-order valence-corrected chi connectivity index (χ3v) is 5.46. The Balaban J connectivity index is 1.75. The van der Waals surface area contributed by atoms with E-state index in [1.165, 1.54) is 50.2 Å². The lowest BCUT2D eigenvalue weighted by atomic mass is 10.2. The van der Waals surface area contributed by atoms with Gasteiger partial charge < -0.3 is 24.4 Å². The normalized spacial score (nSPS) is 16.4. The third kappa shape index (κ3) is 5.00. The van der Waals surface area contributed by atoms with Crippen LogP contribution in [0.25, 0.3) is 0 Å². The van der Waals surface area contributed by atoms with Crippen molar-refractivity contribution in [2.24, 2.45) is 0 Å². The van der Waals surface area contributed by atoms with Crippen LogP contribution in [0, 0.1) is 0 Å². The highest BCUT2D eigenvalue weighted by Crippen LogP contribution is 2.40. The standard InChI is InChI=1S/C19H19F3N2O4S/c1-26-15-5-3-4-14(16(15)27-2)23-18(25)24-10-11-29-17(24)12-6-8-13(9-7-12)28-19(20,21)22/h3-9,17H,10-11H2,1-2H3,(H,23,25). The molecule has 0 aliphatic carbocycles. The molecule has 1 aliphatic heterocycles. The van der Waals surface area contributed by atoms with E-state index >= 15 is 0 Å². The Morgan fingerprint density at radius 1 is 1.14 bits per heavy atom. The molecular formula is C19H19F3N2O4S. The van der Waals surface area contributed by atoms with Crippen LogP contribution in [0.1, 0.15) is 10.9 Å². The number of thioether (sulfide) groups is 1. The first-order valence-electron chi connectivity index (χ1n) is 8.58. The minimum Gasteiger partial charge on any atom is -0.493 e. The second-order valence-electron chi connectivity index (χ2n) is 6.00. The zero-order chi connectivity index (χ0) is 21.0. The molecule has 2 aromatic rings.